The van der Waals surface area contributed by atoms with Crippen LogP contribution in [0.25, 0.3) is 11.3 Å². The summed E-state index contributed by atoms with van der Waals surface area (Å²) < 4.78 is 23.6. The largest absolute Gasteiger partial charge is 0.504 e. The molecule has 0 aliphatic rings. The number of nitrogens with zero attached hydrogens (tertiary/aromatic N) is 1. The number of rotatable bonds is 2. The molecule has 0 saturated heterocycles. The molecule has 2 rings (SSSR count). The summed E-state index contributed by atoms with van der Waals surface area (Å²) in [5.74, 6) is -0.790. The normalized spacial score (nSPS) is 10.5. The molecular weight excluding hydrogens is 295 g/mol. The van der Waals surface area contributed by atoms with E-state index in [0.717, 1.165) is 6.07 Å². The van der Waals surface area contributed by atoms with Crippen molar-refractivity contribution in [2.75, 3.05) is 12.8 Å². The van der Waals surface area contributed by atoms with Crippen molar-refractivity contribution in [1.29, 1.82) is 0 Å². The molecule has 0 fully saturated rings. The lowest BCUT2D eigenvalue weighted by atomic mass is 10.1. The molecule has 7 heteroatoms. The molecule has 90 valence electrons. The molecule has 0 spiro atoms. The van der Waals surface area contributed by atoms with E-state index in [-0.39, 0.29) is 33.1 Å². The fourth-order valence-electron chi connectivity index (χ4n) is 1.42. The lowest BCUT2D eigenvalue weighted by Gasteiger charge is -2.09. The number of phenols is 1. The number of aromatic hydroxyl groups is 1. The highest BCUT2D eigenvalue weighted by Gasteiger charge is 2.20. The number of phenolic OH excluding ortho intramolecular Hbond substituents is 1. The standard InChI is InChI=1S/C10H8BrFN2O3/c1-16-10-6(15)2-4(12)8(9(10)11)5-3-7(13)17-14-5/h2-3,15H,13H2,1H3. The van der Waals surface area contributed by atoms with E-state index in [0.29, 0.717) is 0 Å². The molecule has 2 aromatic rings. The van der Waals surface area contributed by atoms with Gasteiger partial charge in [-0.15, -0.1) is 0 Å². The summed E-state index contributed by atoms with van der Waals surface area (Å²) in [5, 5.41) is 13.1. The molecule has 0 aliphatic heterocycles. The van der Waals surface area contributed by atoms with Gasteiger partial charge in [0, 0.05) is 12.1 Å². The minimum Gasteiger partial charge on any atom is -0.504 e. The second-order valence-electron chi connectivity index (χ2n) is 3.21. The fourth-order valence-corrected chi connectivity index (χ4v) is 2.18. The molecule has 0 amide bonds. The summed E-state index contributed by atoms with van der Waals surface area (Å²) in [4.78, 5) is 0. The molecule has 3 N–H and O–H groups in total. The third-order valence-electron chi connectivity index (χ3n) is 2.14. The minimum absolute atomic E-state index is 0.0679. The first-order valence-corrected chi connectivity index (χ1v) is 5.31. The van der Waals surface area contributed by atoms with Gasteiger partial charge in [-0.25, -0.2) is 4.39 Å². The quantitative estimate of drug-likeness (QED) is 0.891. The van der Waals surface area contributed by atoms with Crippen LogP contribution in [0.2, 0.25) is 0 Å². The van der Waals surface area contributed by atoms with E-state index >= 15 is 0 Å². The first-order chi connectivity index (χ1) is 8.04. The molecule has 0 radical (unpaired) electrons. The van der Waals surface area contributed by atoms with Gasteiger partial charge in [0.1, 0.15) is 11.5 Å². The van der Waals surface area contributed by atoms with Crippen molar-refractivity contribution in [1.82, 2.24) is 5.16 Å². The zero-order valence-corrected chi connectivity index (χ0v) is 10.3. The Labute approximate surface area is 104 Å². The van der Waals surface area contributed by atoms with Crippen molar-refractivity contribution in [3.8, 4) is 22.8 Å². The van der Waals surface area contributed by atoms with Crippen molar-refractivity contribution in [3.05, 3.63) is 22.4 Å². The van der Waals surface area contributed by atoms with Crippen LogP contribution in [0.4, 0.5) is 10.3 Å². The van der Waals surface area contributed by atoms with Crippen LogP contribution in [0.1, 0.15) is 0 Å². The van der Waals surface area contributed by atoms with E-state index in [2.05, 4.69) is 25.6 Å². The van der Waals surface area contributed by atoms with E-state index < -0.39 is 5.82 Å². The Kier molecular flexibility index (Phi) is 2.93. The number of hydrogen-bond acceptors (Lipinski definition) is 5. The number of hydrogen-bond donors (Lipinski definition) is 2. The molecule has 0 aliphatic carbocycles. The second kappa shape index (κ2) is 4.25. The summed E-state index contributed by atoms with van der Waals surface area (Å²) in [6, 6.07) is 2.31. The number of benzene rings is 1. The number of nitrogen functional groups attached to an aromatic ring is 1. The first-order valence-electron chi connectivity index (χ1n) is 4.52. The smallest absolute Gasteiger partial charge is 0.222 e. The predicted octanol–water partition coefficient (Wildman–Crippen LogP) is 2.54. The van der Waals surface area contributed by atoms with Crippen LogP contribution >= 0.6 is 15.9 Å². The summed E-state index contributed by atoms with van der Waals surface area (Å²) in [5.41, 5.74) is 5.69. The average molecular weight is 303 g/mol. The van der Waals surface area contributed by atoms with Gasteiger partial charge in [0.15, 0.2) is 11.5 Å². The second-order valence-corrected chi connectivity index (χ2v) is 4.01. The number of ether oxygens (including phenoxy) is 1. The molecule has 0 bridgehead atoms. The Morgan fingerprint density at radius 2 is 2.24 bits per heavy atom. The Morgan fingerprint density at radius 1 is 1.53 bits per heavy atom. The topological polar surface area (TPSA) is 81.5 Å². The number of methoxy groups -OCH3 is 1. The Bertz CT molecular complexity index is 571. The van der Waals surface area contributed by atoms with Gasteiger partial charge in [-0.3, -0.25) is 0 Å². The lowest BCUT2D eigenvalue weighted by molar-refractivity contribution is 0.368. The minimum atomic E-state index is -0.663. The lowest BCUT2D eigenvalue weighted by Crippen LogP contribution is -1.92. The molecule has 0 atom stereocenters. The molecule has 0 saturated carbocycles. The van der Waals surface area contributed by atoms with Crippen molar-refractivity contribution >= 4 is 21.8 Å². The molecule has 1 aromatic carbocycles. The van der Waals surface area contributed by atoms with Crippen molar-refractivity contribution < 1.29 is 18.8 Å². The molecular formula is C10H8BrFN2O3. The van der Waals surface area contributed by atoms with Gasteiger partial charge in [-0.2, -0.15) is 0 Å². The van der Waals surface area contributed by atoms with Gasteiger partial charge in [-0.1, -0.05) is 5.16 Å². The van der Waals surface area contributed by atoms with Gasteiger partial charge in [0.05, 0.1) is 17.1 Å². The van der Waals surface area contributed by atoms with Crippen LogP contribution in [0, 0.1) is 5.82 Å². The van der Waals surface area contributed by atoms with Gasteiger partial charge >= 0.3 is 0 Å². The third-order valence-corrected chi connectivity index (χ3v) is 2.90. The van der Waals surface area contributed by atoms with Crippen LogP contribution in [0.5, 0.6) is 11.5 Å². The molecule has 5 nitrogen and oxygen atoms in total. The molecule has 1 aromatic heterocycles. The highest BCUT2D eigenvalue weighted by Crippen LogP contribution is 2.43. The summed E-state index contributed by atoms with van der Waals surface area (Å²) in [6.07, 6.45) is 0. The maximum atomic E-state index is 13.8. The van der Waals surface area contributed by atoms with Gasteiger partial charge in [0.2, 0.25) is 5.88 Å². The Morgan fingerprint density at radius 3 is 2.76 bits per heavy atom. The Hall–Kier alpha value is -1.76. The van der Waals surface area contributed by atoms with Gasteiger partial charge in [-0.05, 0) is 15.9 Å². The van der Waals surface area contributed by atoms with Crippen molar-refractivity contribution in [2.45, 2.75) is 0 Å². The molecule has 0 unspecified atom stereocenters. The van der Waals surface area contributed by atoms with E-state index in [9.17, 15) is 9.50 Å². The summed E-state index contributed by atoms with van der Waals surface area (Å²) >= 11 is 3.14. The van der Waals surface area contributed by atoms with E-state index in [1.165, 1.54) is 13.2 Å². The number of nitrogens with two attached hydrogens (primary N) is 1. The number of anilines is 1. The predicted molar refractivity (Wildman–Crippen MR) is 62.2 cm³/mol. The molecule has 1 heterocycles. The maximum absolute atomic E-state index is 13.8. The van der Waals surface area contributed by atoms with Crippen molar-refractivity contribution in [2.24, 2.45) is 0 Å². The summed E-state index contributed by atoms with van der Waals surface area (Å²) in [7, 11) is 1.36. The van der Waals surface area contributed by atoms with Crippen LogP contribution < -0.4 is 10.5 Å². The highest BCUT2D eigenvalue weighted by molar-refractivity contribution is 9.10. The monoisotopic (exact) mass is 302 g/mol. The van der Waals surface area contributed by atoms with E-state index in [1.807, 2.05) is 0 Å². The number of halogens is 2. The molecule has 17 heavy (non-hydrogen) atoms. The van der Waals surface area contributed by atoms with Crippen LogP contribution in [0.15, 0.2) is 21.1 Å². The van der Waals surface area contributed by atoms with Gasteiger partial charge < -0.3 is 20.1 Å². The maximum Gasteiger partial charge on any atom is 0.222 e. The van der Waals surface area contributed by atoms with Crippen LogP contribution in [-0.4, -0.2) is 17.4 Å². The Balaban J connectivity index is 2.69. The van der Waals surface area contributed by atoms with Gasteiger partial charge in [0.25, 0.3) is 0 Å². The van der Waals surface area contributed by atoms with E-state index in [1.54, 1.807) is 0 Å². The van der Waals surface area contributed by atoms with Crippen molar-refractivity contribution in [3.63, 3.8) is 0 Å². The first kappa shape index (κ1) is 11.7. The van der Waals surface area contributed by atoms with Crippen LogP contribution in [0.3, 0.4) is 0 Å². The average Bonchev–Trinajstić information content (AvgIpc) is 2.64. The zero-order chi connectivity index (χ0) is 12.6. The SMILES string of the molecule is COc1c(O)cc(F)c(-c2cc(N)on2)c1Br. The fraction of sp³-hybridized carbons (Fsp3) is 0.100. The van der Waals surface area contributed by atoms with Crippen LogP contribution in [-0.2, 0) is 0 Å². The zero-order valence-electron chi connectivity index (χ0n) is 8.70. The highest BCUT2D eigenvalue weighted by atomic mass is 79.9. The summed E-state index contributed by atoms with van der Waals surface area (Å²) in [6.45, 7) is 0. The third kappa shape index (κ3) is 1.93. The van der Waals surface area contributed by atoms with E-state index in [4.69, 9.17) is 10.5 Å². The number of aromatic nitrogens is 1.